The van der Waals surface area contributed by atoms with Gasteiger partial charge in [0.05, 0.1) is 23.3 Å². The van der Waals surface area contributed by atoms with Crippen LogP contribution in [0.15, 0.2) is 46.4 Å². The van der Waals surface area contributed by atoms with Crippen LogP contribution in [0, 0.1) is 0 Å². The molecule has 8 bridgehead atoms. The summed E-state index contributed by atoms with van der Waals surface area (Å²) in [7, 11) is 9.43. The van der Waals surface area contributed by atoms with Gasteiger partial charge in [0.1, 0.15) is 0 Å². The summed E-state index contributed by atoms with van der Waals surface area (Å²) >= 11 is 0. The number of nitrogens with zero attached hydrogens (tertiary/aromatic N) is 8. The van der Waals surface area contributed by atoms with Crippen LogP contribution in [0.1, 0.15) is 0 Å². The third-order valence-electron chi connectivity index (χ3n) is 6.54. The Morgan fingerprint density at radius 2 is 0.585 bits per heavy atom. The van der Waals surface area contributed by atoms with Gasteiger partial charge in [-0.1, -0.05) is 0 Å². The fraction of sp³-hybridized carbons (Fsp3) is 0. The van der Waals surface area contributed by atoms with E-state index in [1.807, 2.05) is 0 Å². The molecule has 0 unspecified atom stereocenters. The number of fused-ring (bicyclic) bond motifs is 20. The van der Waals surface area contributed by atoms with E-state index in [9.17, 15) is 0 Å². The van der Waals surface area contributed by atoms with E-state index in [-0.39, 0.29) is 17.1 Å². The van der Waals surface area contributed by atoms with E-state index < -0.39 is 0 Å². The molecule has 2 aliphatic heterocycles. The van der Waals surface area contributed by atoms with Crippen molar-refractivity contribution >= 4 is 107 Å². The molecule has 41 heavy (non-hydrogen) atoms. The monoisotopic (exact) mass is 719 g/mol. The Morgan fingerprint density at radius 1 is 0.341 bits per heavy atom. The van der Waals surface area contributed by atoms with Crippen LogP contribution in [0.5, 0.6) is 0 Å². The molecule has 8 nitrogen and oxygen atoms in total. The van der Waals surface area contributed by atoms with E-state index in [4.69, 9.17) is 39.9 Å². The molecule has 0 saturated heterocycles. The number of rotatable bonds is 0. The van der Waals surface area contributed by atoms with Crippen LogP contribution in [0.4, 0.5) is 0 Å². The van der Waals surface area contributed by atoms with E-state index >= 15 is 0 Å². The molecule has 0 saturated carbocycles. The zero-order chi connectivity index (χ0) is 26.2. The molecule has 9 rings (SSSR count). The van der Waals surface area contributed by atoms with Crippen molar-refractivity contribution in [2.45, 2.75) is 0 Å². The summed E-state index contributed by atoms with van der Waals surface area (Å²) in [4.78, 5) is 39.8. The third kappa shape index (κ3) is 4.44. The van der Waals surface area contributed by atoms with Crippen LogP contribution < -0.4 is 9.97 Å². The molecule has 0 aliphatic carbocycles. The molecule has 0 N–H and O–H groups in total. The van der Waals surface area contributed by atoms with Crippen molar-refractivity contribution in [3.05, 3.63) is 46.4 Å². The Kier molecular flexibility index (Phi) is 7.01. The third-order valence-corrected chi connectivity index (χ3v) is 14.4. The molecular weight excluding hydrogens is 712 g/mol. The predicted molar refractivity (Wildman–Crippen MR) is 174 cm³/mol. The Labute approximate surface area is 254 Å². The normalized spacial score (nSPS) is 13.3. The van der Waals surface area contributed by atoms with Crippen molar-refractivity contribution in [2.24, 2.45) is 0 Å². The Morgan fingerprint density at radius 3 is 0.854 bits per heavy atom. The second-order valence-corrected chi connectivity index (χ2v) is 18.2. The van der Waals surface area contributed by atoms with Gasteiger partial charge in [-0.15, -0.1) is 0 Å². The van der Waals surface area contributed by atoms with Crippen LogP contribution in [0.2, 0.25) is 0 Å². The van der Waals surface area contributed by atoms with Gasteiger partial charge in [0.2, 0.25) is 0 Å². The van der Waals surface area contributed by atoms with E-state index in [1.165, 1.54) is 63.0 Å². The van der Waals surface area contributed by atoms with Crippen molar-refractivity contribution in [3.63, 3.8) is 0 Å². The standard InChI is InChI=1S/C24H8N8P8.Cu/c1-9-10(2-34-33-1)18-25-17(9)29-19-11-3-35-36-4-12(11)21(26-19)31-23-15-7-39-40-8-16(15)24(28-23)32-22-14-6-38-37-5-13(14)20(27-22)30-18;/h1-8H;/q-2;+2. The largest absolute Gasteiger partial charge is 2.00 e. The van der Waals surface area contributed by atoms with Gasteiger partial charge in [-0.25, -0.2) is 9.97 Å². The molecule has 0 amide bonds. The van der Waals surface area contributed by atoms with Crippen LogP contribution in [-0.4, -0.2) is 29.9 Å². The molecule has 17 heteroatoms. The van der Waals surface area contributed by atoms with E-state index in [2.05, 4.69) is 46.4 Å². The summed E-state index contributed by atoms with van der Waals surface area (Å²) in [5, 5.41) is 3.97. The topological polar surface area (TPSA) is 106 Å². The second kappa shape index (κ2) is 10.7. The van der Waals surface area contributed by atoms with Crippen molar-refractivity contribution in [1.82, 2.24) is 39.9 Å². The van der Waals surface area contributed by atoms with Crippen molar-refractivity contribution in [2.75, 3.05) is 0 Å². The van der Waals surface area contributed by atoms with Crippen LogP contribution in [0.25, 0.3) is 89.7 Å². The van der Waals surface area contributed by atoms with Gasteiger partial charge < -0.3 is 29.9 Å². The first-order valence-electron chi connectivity index (χ1n) is 11.8. The number of hydrogen-bond acceptors (Lipinski definition) is 6. The number of hydrogen-bond donors (Lipinski definition) is 0. The van der Waals surface area contributed by atoms with Crippen molar-refractivity contribution in [3.8, 4) is 45.6 Å². The van der Waals surface area contributed by atoms with Gasteiger partial charge in [0.25, 0.3) is 0 Å². The fourth-order valence-electron chi connectivity index (χ4n) is 4.68. The molecule has 0 atom stereocenters. The van der Waals surface area contributed by atoms with Gasteiger partial charge in [-0.3, -0.25) is 0 Å². The molecule has 7 aromatic rings. The molecule has 1 radical (unpaired) electrons. The minimum Gasteiger partial charge on any atom is -0.357 e. The smallest absolute Gasteiger partial charge is 0.357 e. The maximum Gasteiger partial charge on any atom is 2.00 e. The average Bonchev–Trinajstić information content (AvgIpc) is 3.73. The fourth-order valence-corrected chi connectivity index (χ4v) is 12.5. The predicted octanol–water partition coefficient (Wildman–Crippen LogP) is 10.8. The summed E-state index contributed by atoms with van der Waals surface area (Å²) in [6.45, 7) is 0. The summed E-state index contributed by atoms with van der Waals surface area (Å²) in [6, 6.07) is 0. The van der Waals surface area contributed by atoms with Gasteiger partial charge in [0, 0.05) is 66.4 Å². The van der Waals surface area contributed by atoms with Gasteiger partial charge in [0.15, 0.2) is 0 Å². The Balaban J connectivity index is 0.00000256. The van der Waals surface area contributed by atoms with Crippen LogP contribution >= 0.6 is 63.0 Å². The molecule has 0 spiro atoms. The molecular formula is C24H8CuN8P8. The van der Waals surface area contributed by atoms with Gasteiger partial charge >= 0.3 is 17.1 Å². The number of aromatic nitrogens is 8. The minimum absolute atomic E-state index is 0. The zero-order valence-corrected chi connectivity index (χ0v) is 28.2. The van der Waals surface area contributed by atoms with Crippen molar-refractivity contribution in [1.29, 1.82) is 0 Å². The van der Waals surface area contributed by atoms with Crippen molar-refractivity contribution < 1.29 is 17.1 Å². The van der Waals surface area contributed by atoms with E-state index in [0.717, 1.165) is 43.8 Å². The Hall–Kier alpha value is -1.80. The second-order valence-electron chi connectivity index (χ2n) is 8.75. The average molecular weight is 720 g/mol. The first kappa shape index (κ1) is 26.8. The first-order chi connectivity index (χ1) is 19.8. The van der Waals surface area contributed by atoms with Crippen LogP contribution in [0.3, 0.4) is 0 Å². The van der Waals surface area contributed by atoms with E-state index in [1.54, 1.807) is 0 Å². The summed E-state index contributed by atoms with van der Waals surface area (Å²) < 4.78 is 0. The maximum absolute atomic E-state index is 5.02. The zero-order valence-electron chi connectivity index (χ0n) is 20.1. The molecule has 195 valence electrons. The maximum atomic E-state index is 5.02. The molecule has 0 fully saturated rings. The summed E-state index contributed by atoms with van der Waals surface area (Å²) in [5.74, 6) is 19.9. The molecule has 9 heterocycles. The summed E-state index contributed by atoms with van der Waals surface area (Å²) in [6.07, 6.45) is 0. The van der Waals surface area contributed by atoms with Crippen LogP contribution in [-0.2, 0) is 17.1 Å². The van der Waals surface area contributed by atoms with E-state index in [0.29, 0.717) is 45.9 Å². The minimum atomic E-state index is 0. The van der Waals surface area contributed by atoms with Gasteiger partial charge in [-0.2, -0.15) is 0 Å². The first-order valence-corrected chi connectivity index (χ1v) is 22.3. The molecule has 2 aliphatic rings. The molecule has 7 aromatic heterocycles. The van der Waals surface area contributed by atoms with Gasteiger partial charge in [-0.05, 0) is 109 Å². The quantitative estimate of drug-likeness (QED) is 0.143. The molecule has 0 aromatic carbocycles. The summed E-state index contributed by atoms with van der Waals surface area (Å²) in [5.41, 5.74) is 6.48. The SMILES string of the molecule is [Cu+2].c1ppcc2c1-c1nc-2nc2[n-]c(nc3nc(nc4[n-]c(n1)c1cppcc41)-c1cppcc1-3)c1cppcc21. The Bertz CT molecular complexity index is 2060.